The molecule has 2 fully saturated rings. The summed E-state index contributed by atoms with van der Waals surface area (Å²) in [7, 11) is 0. The SMILES string of the molecule is O=CC1CC2(CN1C(=O)CNC(=O)c1ccc3c(c1)-c1ccccc1C3(F)F)OCCO2. The van der Waals surface area contributed by atoms with E-state index in [4.69, 9.17) is 9.47 Å². The lowest BCUT2D eigenvalue weighted by Crippen LogP contribution is -2.44. The summed E-state index contributed by atoms with van der Waals surface area (Å²) in [5.74, 6) is -5.12. The predicted molar refractivity (Wildman–Crippen MR) is 108 cm³/mol. The molecule has 0 aromatic heterocycles. The first-order valence-electron chi connectivity index (χ1n) is 10.3. The first-order valence-corrected chi connectivity index (χ1v) is 10.3. The number of likely N-dealkylation sites (tertiary alicyclic amines) is 1. The topological polar surface area (TPSA) is 84.9 Å². The summed E-state index contributed by atoms with van der Waals surface area (Å²) >= 11 is 0. The summed E-state index contributed by atoms with van der Waals surface area (Å²) in [4.78, 5) is 38.1. The maximum absolute atomic E-state index is 14.7. The number of fused-ring (bicyclic) bond motifs is 3. The van der Waals surface area contributed by atoms with Crippen molar-refractivity contribution in [1.82, 2.24) is 10.2 Å². The number of hydrogen-bond donors (Lipinski definition) is 1. The molecule has 2 amide bonds. The molecule has 7 nitrogen and oxygen atoms in total. The smallest absolute Gasteiger partial charge is 0.299 e. The van der Waals surface area contributed by atoms with Gasteiger partial charge in [-0.05, 0) is 23.3 Å². The molecule has 166 valence electrons. The van der Waals surface area contributed by atoms with Crippen molar-refractivity contribution < 1.29 is 32.6 Å². The standard InChI is InChI=1S/C23H20F2N2O5/c24-23(25)18-4-2-1-3-16(18)17-9-14(5-6-19(17)23)21(30)26-11-20(29)27-13-22(10-15(27)12-28)31-7-8-32-22/h1-6,9,12,15H,7-8,10-11,13H2,(H,26,30). The summed E-state index contributed by atoms with van der Waals surface area (Å²) in [6.07, 6.45) is 0.909. The number of carbonyl (C=O) groups is 3. The minimum absolute atomic E-state index is 0.0954. The number of halogens is 2. The van der Waals surface area contributed by atoms with E-state index in [1.807, 2.05) is 0 Å². The molecule has 5 rings (SSSR count). The Kier molecular flexibility index (Phi) is 4.83. The highest BCUT2D eigenvalue weighted by Gasteiger charge is 2.50. The van der Waals surface area contributed by atoms with Crippen molar-refractivity contribution in [3.8, 4) is 11.1 Å². The molecule has 3 aliphatic rings. The molecule has 1 N–H and O–H groups in total. The van der Waals surface area contributed by atoms with Gasteiger partial charge in [0.15, 0.2) is 5.79 Å². The molecule has 32 heavy (non-hydrogen) atoms. The Morgan fingerprint density at radius 1 is 1.09 bits per heavy atom. The maximum atomic E-state index is 14.7. The van der Waals surface area contributed by atoms with E-state index in [1.54, 1.807) is 18.2 Å². The molecule has 9 heteroatoms. The third-order valence-corrected chi connectivity index (χ3v) is 6.20. The Morgan fingerprint density at radius 3 is 2.56 bits per heavy atom. The summed E-state index contributed by atoms with van der Waals surface area (Å²) in [6, 6.07) is 9.46. The van der Waals surface area contributed by atoms with E-state index >= 15 is 0 Å². The molecule has 2 aromatic rings. The van der Waals surface area contributed by atoms with Crippen molar-refractivity contribution >= 4 is 18.1 Å². The highest BCUT2D eigenvalue weighted by molar-refractivity contribution is 5.98. The Bertz CT molecular complexity index is 1110. The maximum Gasteiger partial charge on any atom is 0.299 e. The third kappa shape index (κ3) is 3.20. The Morgan fingerprint density at radius 2 is 1.81 bits per heavy atom. The zero-order valence-electron chi connectivity index (χ0n) is 17.0. The van der Waals surface area contributed by atoms with E-state index < -0.39 is 29.6 Å². The van der Waals surface area contributed by atoms with Crippen LogP contribution in [0.3, 0.4) is 0 Å². The zero-order valence-corrected chi connectivity index (χ0v) is 17.0. The van der Waals surface area contributed by atoms with Gasteiger partial charge in [0.25, 0.3) is 11.8 Å². The molecule has 0 bridgehead atoms. The van der Waals surface area contributed by atoms with E-state index in [1.165, 1.54) is 29.2 Å². The fraction of sp³-hybridized carbons (Fsp3) is 0.348. The number of ether oxygens (including phenoxy) is 2. The van der Waals surface area contributed by atoms with Crippen molar-refractivity contribution in [1.29, 1.82) is 0 Å². The summed E-state index contributed by atoms with van der Waals surface area (Å²) in [6.45, 7) is 0.550. The molecule has 1 unspecified atom stereocenters. The number of rotatable bonds is 4. The number of alkyl halides is 2. The highest BCUT2D eigenvalue weighted by atomic mass is 19.3. The van der Waals surface area contributed by atoms with Gasteiger partial charge in [-0.2, -0.15) is 8.78 Å². The molecule has 1 atom stereocenters. The van der Waals surface area contributed by atoms with Crippen LogP contribution in [0.1, 0.15) is 27.9 Å². The predicted octanol–water partition coefficient (Wildman–Crippen LogP) is 2.08. The van der Waals surface area contributed by atoms with Gasteiger partial charge in [0.05, 0.1) is 32.3 Å². The number of nitrogens with one attached hydrogen (secondary N) is 1. The number of hydrogen-bond acceptors (Lipinski definition) is 5. The quantitative estimate of drug-likeness (QED) is 0.733. The first kappa shape index (κ1) is 20.7. The van der Waals surface area contributed by atoms with Gasteiger partial charge >= 0.3 is 0 Å². The molecule has 2 aromatic carbocycles. The number of benzene rings is 2. The molecule has 2 saturated heterocycles. The minimum Gasteiger partial charge on any atom is -0.346 e. The molecule has 0 saturated carbocycles. The van der Waals surface area contributed by atoms with Gasteiger partial charge in [0.1, 0.15) is 6.29 Å². The fourth-order valence-corrected chi connectivity index (χ4v) is 4.65. The van der Waals surface area contributed by atoms with Crippen LogP contribution in [0.4, 0.5) is 8.78 Å². The van der Waals surface area contributed by atoms with Gasteiger partial charge in [0.2, 0.25) is 5.91 Å². The van der Waals surface area contributed by atoms with Crippen LogP contribution in [0.2, 0.25) is 0 Å². The van der Waals surface area contributed by atoms with Crippen LogP contribution in [0.15, 0.2) is 42.5 Å². The molecule has 1 spiro atoms. The fourth-order valence-electron chi connectivity index (χ4n) is 4.65. The number of amides is 2. The number of carbonyl (C=O) groups excluding carboxylic acids is 3. The van der Waals surface area contributed by atoms with Crippen LogP contribution >= 0.6 is 0 Å². The van der Waals surface area contributed by atoms with Crippen LogP contribution in [0.25, 0.3) is 11.1 Å². The summed E-state index contributed by atoms with van der Waals surface area (Å²) in [5, 5.41) is 2.52. The lowest BCUT2D eigenvalue weighted by atomic mass is 10.0. The minimum atomic E-state index is -3.13. The van der Waals surface area contributed by atoms with Gasteiger partial charge in [-0.1, -0.05) is 30.3 Å². The van der Waals surface area contributed by atoms with Crippen LogP contribution in [-0.2, 0) is 25.0 Å². The Hall–Kier alpha value is -3.17. The lowest BCUT2D eigenvalue weighted by molar-refractivity contribution is -0.152. The zero-order chi connectivity index (χ0) is 22.5. The van der Waals surface area contributed by atoms with Crippen molar-refractivity contribution in [2.45, 2.75) is 24.2 Å². The van der Waals surface area contributed by atoms with Gasteiger partial charge in [-0.15, -0.1) is 0 Å². The molecular weight excluding hydrogens is 422 g/mol. The van der Waals surface area contributed by atoms with Crippen molar-refractivity contribution in [3.05, 3.63) is 59.2 Å². The second-order valence-electron chi connectivity index (χ2n) is 8.10. The average Bonchev–Trinajstić information content (AvgIpc) is 3.48. The lowest BCUT2D eigenvalue weighted by Gasteiger charge is -2.23. The normalized spacial score (nSPS) is 21.9. The Balaban J connectivity index is 1.30. The van der Waals surface area contributed by atoms with E-state index in [0.717, 1.165) is 0 Å². The van der Waals surface area contributed by atoms with Crippen molar-refractivity contribution in [3.63, 3.8) is 0 Å². The van der Waals surface area contributed by atoms with Crippen molar-refractivity contribution in [2.75, 3.05) is 26.3 Å². The van der Waals surface area contributed by atoms with Crippen LogP contribution in [0, 0.1) is 0 Å². The van der Waals surface area contributed by atoms with E-state index in [-0.39, 0.29) is 36.2 Å². The largest absolute Gasteiger partial charge is 0.346 e. The van der Waals surface area contributed by atoms with Crippen LogP contribution in [0.5, 0.6) is 0 Å². The molecule has 2 heterocycles. The second kappa shape index (κ2) is 7.46. The van der Waals surface area contributed by atoms with Gasteiger partial charge < -0.3 is 24.5 Å². The van der Waals surface area contributed by atoms with Crippen LogP contribution in [-0.4, -0.2) is 61.1 Å². The van der Waals surface area contributed by atoms with Crippen LogP contribution < -0.4 is 5.32 Å². The van der Waals surface area contributed by atoms with Gasteiger partial charge in [0, 0.05) is 23.1 Å². The molecule has 1 aliphatic carbocycles. The summed E-state index contributed by atoms with van der Waals surface area (Å²) < 4.78 is 40.5. The average molecular weight is 442 g/mol. The molecule has 0 radical (unpaired) electrons. The Labute approximate surface area is 182 Å². The second-order valence-corrected chi connectivity index (χ2v) is 8.10. The molecule has 2 aliphatic heterocycles. The van der Waals surface area contributed by atoms with E-state index in [9.17, 15) is 23.2 Å². The summed E-state index contributed by atoms with van der Waals surface area (Å²) in [5.41, 5.74) is 0.589. The van der Waals surface area contributed by atoms with Gasteiger partial charge in [-0.25, -0.2) is 0 Å². The number of aldehydes is 1. The van der Waals surface area contributed by atoms with Crippen molar-refractivity contribution in [2.24, 2.45) is 0 Å². The van der Waals surface area contributed by atoms with E-state index in [2.05, 4.69) is 5.32 Å². The molecular formula is C23H20F2N2O5. The third-order valence-electron chi connectivity index (χ3n) is 6.20. The van der Waals surface area contributed by atoms with Gasteiger partial charge in [-0.3, -0.25) is 9.59 Å². The number of nitrogens with zero attached hydrogens (tertiary/aromatic N) is 1. The monoisotopic (exact) mass is 442 g/mol. The highest BCUT2D eigenvalue weighted by Crippen LogP contribution is 2.50. The first-order chi connectivity index (χ1) is 15.3. The van der Waals surface area contributed by atoms with E-state index in [0.29, 0.717) is 30.6 Å².